The van der Waals surface area contributed by atoms with Gasteiger partial charge in [-0.3, -0.25) is 9.59 Å². The van der Waals surface area contributed by atoms with Gasteiger partial charge in [0.1, 0.15) is 11.7 Å². The Bertz CT molecular complexity index is 613. The van der Waals surface area contributed by atoms with Crippen molar-refractivity contribution >= 4 is 11.9 Å². The molecule has 26 heavy (non-hydrogen) atoms. The number of hydrogen-bond donors (Lipinski definition) is 0. The minimum Gasteiger partial charge on any atom is -0.462 e. The zero-order chi connectivity index (χ0) is 20.1. The Hall–Kier alpha value is -1.84. The first-order valence-corrected chi connectivity index (χ1v) is 9.40. The third-order valence-electron chi connectivity index (χ3n) is 4.37. The number of benzene rings is 1. The van der Waals surface area contributed by atoms with Crippen LogP contribution in [0.25, 0.3) is 0 Å². The third-order valence-corrected chi connectivity index (χ3v) is 4.37. The highest BCUT2D eigenvalue weighted by atomic mass is 16.6. The molecule has 0 aromatic heterocycles. The quantitative estimate of drug-likeness (QED) is 0.638. The molecule has 146 valence electrons. The molecule has 0 bridgehead atoms. The Labute approximate surface area is 158 Å². The number of esters is 2. The lowest BCUT2D eigenvalue weighted by molar-refractivity contribution is -0.163. The van der Waals surface area contributed by atoms with Crippen LogP contribution in [0.15, 0.2) is 24.3 Å². The summed E-state index contributed by atoms with van der Waals surface area (Å²) in [5, 5.41) is 0. The molecular weight excluding hydrogens is 328 g/mol. The highest BCUT2D eigenvalue weighted by Crippen LogP contribution is 2.32. The van der Waals surface area contributed by atoms with Crippen molar-refractivity contribution in [2.75, 3.05) is 0 Å². The first-order valence-electron chi connectivity index (χ1n) is 9.40. The molecule has 0 aliphatic rings. The van der Waals surface area contributed by atoms with E-state index in [2.05, 4.69) is 32.9 Å². The summed E-state index contributed by atoms with van der Waals surface area (Å²) in [7, 11) is 0. The largest absolute Gasteiger partial charge is 0.462 e. The van der Waals surface area contributed by atoms with Crippen LogP contribution in [-0.4, -0.2) is 23.6 Å². The van der Waals surface area contributed by atoms with Crippen LogP contribution >= 0.6 is 0 Å². The van der Waals surface area contributed by atoms with E-state index in [1.807, 2.05) is 39.8 Å². The van der Waals surface area contributed by atoms with Crippen molar-refractivity contribution < 1.29 is 19.1 Å². The van der Waals surface area contributed by atoms with Gasteiger partial charge in [0.05, 0.1) is 12.3 Å². The van der Waals surface area contributed by atoms with Crippen molar-refractivity contribution in [3.63, 3.8) is 0 Å². The Morgan fingerprint density at radius 2 is 1.62 bits per heavy atom. The summed E-state index contributed by atoms with van der Waals surface area (Å²) < 4.78 is 11.0. The highest BCUT2D eigenvalue weighted by molar-refractivity contribution is 5.80. The molecule has 1 aromatic carbocycles. The van der Waals surface area contributed by atoms with Gasteiger partial charge in [0, 0.05) is 5.92 Å². The summed E-state index contributed by atoms with van der Waals surface area (Å²) in [5.41, 5.74) is 1.83. The van der Waals surface area contributed by atoms with Gasteiger partial charge >= 0.3 is 11.9 Å². The molecule has 4 heteroatoms. The highest BCUT2D eigenvalue weighted by Gasteiger charge is 2.30. The maximum atomic E-state index is 12.5. The molecule has 3 atom stereocenters. The number of carbonyl (C=O) groups excluding carboxylic acids is 2. The van der Waals surface area contributed by atoms with E-state index in [4.69, 9.17) is 9.47 Å². The lowest BCUT2D eigenvalue weighted by Crippen LogP contribution is -2.31. The minimum atomic E-state index is -0.554. The van der Waals surface area contributed by atoms with Crippen molar-refractivity contribution in [1.82, 2.24) is 0 Å². The van der Waals surface area contributed by atoms with E-state index < -0.39 is 11.5 Å². The van der Waals surface area contributed by atoms with Crippen LogP contribution in [0.3, 0.4) is 0 Å². The summed E-state index contributed by atoms with van der Waals surface area (Å²) >= 11 is 0. The zero-order valence-corrected chi connectivity index (χ0v) is 17.5. The Morgan fingerprint density at radius 3 is 2.12 bits per heavy atom. The third kappa shape index (κ3) is 6.81. The van der Waals surface area contributed by atoms with E-state index in [0.29, 0.717) is 5.92 Å². The van der Waals surface area contributed by atoms with E-state index >= 15 is 0 Å². The molecule has 1 rings (SSSR count). The number of carbonyl (C=O) groups is 2. The molecular formula is C22H34O4. The fraction of sp³-hybridized carbons (Fsp3) is 0.636. The van der Waals surface area contributed by atoms with Gasteiger partial charge in [-0.15, -0.1) is 0 Å². The predicted molar refractivity (Wildman–Crippen MR) is 104 cm³/mol. The summed E-state index contributed by atoms with van der Waals surface area (Å²) in [5.74, 6) is -0.845. The van der Waals surface area contributed by atoms with Crippen LogP contribution in [0.1, 0.15) is 71.9 Å². The SMILES string of the molecule is Cc1ccccc1[C@H](C(C)C)[C@H](C)OC(=O)[C@H](C)CC(=O)OC(C)(C)C. The zero-order valence-electron chi connectivity index (χ0n) is 17.5. The molecule has 0 spiro atoms. The van der Waals surface area contributed by atoms with Crippen molar-refractivity contribution in [3.05, 3.63) is 35.4 Å². The number of hydrogen-bond acceptors (Lipinski definition) is 4. The normalized spacial score (nSPS) is 15.3. The molecule has 0 unspecified atom stereocenters. The molecule has 0 fully saturated rings. The van der Waals surface area contributed by atoms with Crippen LogP contribution < -0.4 is 0 Å². The summed E-state index contributed by atoms with van der Waals surface area (Å²) in [6.45, 7) is 15.4. The monoisotopic (exact) mass is 362 g/mol. The van der Waals surface area contributed by atoms with Crippen molar-refractivity contribution in [2.24, 2.45) is 11.8 Å². The maximum absolute atomic E-state index is 12.5. The van der Waals surface area contributed by atoms with Crippen LogP contribution in [0, 0.1) is 18.8 Å². The van der Waals surface area contributed by atoms with E-state index in [-0.39, 0.29) is 30.4 Å². The minimum absolute atomic E-state index is 0.0273. The lowest BCUT2D eigenvalue weighted by atomic mass is 9.82. The first-order chi connectivity index (χ1) is 11.9. The van der Waals surface area contributed by atoms with E-state index in [0.717, 1.165) is 0 Å². The second kappa shape index (κ2) is 9.20. The number of aryl methyl sites for hydroxylation is 1. The van der Waals surface area contributed by atoms with Gasteiger partial charge in [0.25, 0.3) is 0 Å². The smallest absolute Gasteiger partial charge is 0.309 e. The Morgan fingerprint density at radius 1 is 1.04 bits per heavy atom. The van der Waals surface area contributed by atoms with Gasteiger partial charge in [0.15, 0.2) is 0 Å². The molecule has 0 aliphatic carbocycles. The molecule has 0 heterocycles. The first kappa shape index (κ1) is 22.2. The van der Waals surface area contributed by atoms with Crippen LogP contribution in [0.2, 0.25) is 0 Å². The van der Waals surface area contributed by atoms with E-state index in [9.17, 15) is 9.59 Å². The Balaban J connectivity index is 2.77. The molecule has 0 N–H and O–H groups in total. The van der Waals surface area contributed by atoms with E-state index in [1.54, 1.807) is 6.92 Å². The second-order valence-electron chi connectivity index (χ2n) is 8.46. The standard InChI is InChI=1S/C22H34O4/c1-14(2)20(18-12-10-9-11-15(18)3)17(5)25-21(24)16(4)13-19(23)26-22(6,7)8/h9-12,14,16-17,20H,13H2,1-8H3/t16-,17+,20-/m1/s1. The maximum Gasteiger partial charge on any atom is 0.309 e. The topological polar surface area (TPSA) is 52.6 Å². The van der Waals surface area contributed by atoms with Gasteiger partial charge in [-0.2, -0.15) is 0 Å². The van der Waals surface area contributed by atoms with Crippen molar-refractivity contribution in [1.29, 1.82) is 0 Å². The average Bonchev–Trinajstić information content (AvgIpc) is 2.46. The van der Waals surface area contributed by atoms with Crippen LogP contribution in [0.5, 0.6) is 0 Å². The summed E-state index contributed by atoms with van der Waals surface area (Å²) in [6, 6.07) is 8.19. The fourth-order valence-electron chi connectivity index (χ4n) is 3.20. The average molecular weight is 363 g/mol. The molecule has 0 saturated carbocycles. The fourth-order valence-corrected chi connectivity index (χ4v) is 3.20. The molecule has 0 radical (unpaired) electrons. The van der Waals surface area contributed by atoms with Gasteiger partial charge in [-0.25, -0.2) is 0 Å². The molecule has 0 aliphatic heterocycles. The van der Waals surface area contributed by atoms with Gasteiger partial charge in [0.2, 0.25) is 0 Å². The molecule has 4 nitrogen and oxygen atoms in total. The summed E-state index contributed by atoms with van der Waals surface area (Å²) in [6.07, 6.45) is -0.246. The number of ether oxygens (including phenoxy) is 2. The van der Waals surface area contributed by atoms with Gasteiger partial charge in [-0.1, -0.05) is 45.0 Å². The second-order valence-corrected chi connectivity index (χ2v) is 8.46. The molecule has 1 aromatic rings. The van der Waals surface area contributed by atoms with Crippen molar-refractivity contribution in [2.45, 2.75) is 79.4 Å². The van der Waals surface area contributed by atoms with Crippen LogP contribution in [0.4, 0.5) is 0 Å². The van der Waals surface area contributed by atoms with Crippen molar-refractivity contribution in [3.8, 4) is 0 Å². The van der Waals surface area contributed by atoms with Gasteiger partial charge in [-0.05, 0) is 51.7 Å². The van der Waals surface area contributed by atoms with Crippen LogP contribution in [-0.2, 0) is 19.1 Å². The lowest BCUT2D eigenvalue weighted by Gasteiger charge is -2.30. The summed E-state index contributed by atoms with van der Waals surface area (Å²) in [4.78, 5) is 24.4. The van der Waals surface area contributed by atoms with Gasteiger partial charge < -0.3 is 9.47 Å². The Kier molecular flexibility index (Phi) is 7.86. The number of rotatable bonds is 7. The molecule has 0 amide bonds. The molecule has 0 saturated heterocycles. The van der Waals surface area contributed by atoms with E-state index in [1.165, 1.54) is 11.1 Å². The predicted octanol–water partition coefficient (Wildman–Crippen LogP) is 5.03.